The predicted molar refractivity (Wildman–Crippen MR) is 87.7 cm³/mol. The highest BCUT2D eigenvalue weighted by atomic mass is 79.9. The van der Waals surface area contributed by atoms with Crippen molar-refractivity contribution >= 4 is 39.1 Å². The van der Waals surface area contributed by atoms with E-state index in [1.165, 1.54) is 0 Å². The number of nitrogens with two attached hydrogens (primary N) is 1. The molecule has 0 aliphatic heterocycles. The summed E-state index contributed by atoms with van der Waals surface area (Å²) in [5.41, 5.74) is 7.54. The molecule has 0 saturated carbocycles. The quantitative estimate of drug-likeness (QED) is 0.812. The smallest absolute Gasteiger partial charge is 0.138 e. The molecule has 5 heteroatoms. The van der Waals surface area contributed by atoms with Gasteiger partial charge in [-0.1, -0.05) is 51.3 Å². The second-order valence-electron chi connectivity index (χ2n) is 4.33. The Morgan fingerprint density at radius 1 is 1.05 bits per heavy atom. The van der Waals surface area contributed by atoms with Crippen LogP contribution in [0.2, 0.25) is 10.0 Å². The Morgan fingerprint density at radius 2 is 1.85 bits per heavy atom. The number of hydrogen-bond donors (Lipinski definition) is 1. The molecule has 0 heterocycles. The number of rotatable bonds is 5. The molecule has 2 aromatic carbocycles. The molecule has 0 amide bonds. The molecule has 2 nitrogen and oxygen atoms in total. The molecule has 0 radical (unpaired) electrons. The molecule has 2 aromatic rings. The summed E-state index contributed by atoms with van der Waals surface area (Å²) in [5, 5.41) is 1.25. The molecule has 0 aliphatic carbocycles. The average Bonchev–Trinajstić information content (AvgIpc) is 2.40. The van der Waals surface area contributed by atoms with E-state index in [0.717, 1.165) is 22.0 Å². The second-order valence-corrected chi connectivity index (χ2v) is 6.06. The Kier molecular flexibility index (Phi) is 5.73. The van der Waals surface area contributed by atoms with Crippen LogP contribution in [0.3, 0.4) is 0 Å². The molecular formula is C15H14BrCl2NO. The molecule has 0 saturated heterocycles. The normalized spacial score (nSPS) is 10.6. The molecule has 0 unspecified atom stereocenters. The summed E-state index contributed by atoms with van der Waals surface area (Å²) >= 11 is 15.7. The Bertz CT molecular complexity index is 604. The lowest BCUT2D eigenvalue weighted by Crippen LogP contribution is -2.03. The van der Waals surface area contributed by atoms with Crippen molar-refractivity contribution in [3.05, 3.63) is 62.0 Å². The molecule has 2 N–H and O–H groups in total. The summed E-state index contributed by atoms with van der Waals surface area (Å²) in [6.45, 7) is 0.979. The average molecular weight is 375 g/mol. The Balaban J connectivity index is 2.07. The van der Waals surface area contributed by atoms with Crippen molar-refractivity contribution in [3.63, 3.8) is 0 Å². The maximum Gasteiger partial charge on any atom is 0.138 e. The van der Waals surface area contributed by atoms with E-state index in [4.69, 9.17) is 33.7 Å². The fourth-order valence-corrected chi connectivity index (χ4v) is 2.76. The van der Waals surface area contributed by atoms with Gasteiger partial charge >= 0.3 is 0 Å². The van der Waals surface area contributed by atoms with Gasteiger partial charge in [0.1, 0.15) is 12.4 Å². The van der Waals surface area contributed by atoms with Crippen molar-refractivity contribution in [2.24, 2.45) is 5.73 Å². The number of halogens is 3. The Morgan fingerprint density at radius 3 is 2.50 bits per heavy atom. The molecule has 20 heavy (non-hydrogen) atoms. The first-order chi connectivity index (χ1) is 9.60. The standard InChI is InChI=1S/C15H14BrCl2NO/c16-12-3-2-11(13(17)8-12)9-20-15-4-1-10(5-6-19)7-14(15)18/h1-4,7-8H,5-6,9,19H2. The van der Waals surface area contributed by atoms with Crippen molar-refractivity contribution in [2.45, 2.75) is 13.0 Å². The van der Waals surface area contributed by atoms with Crippen LogP contribution in [0.15, 0.2) is 40.9 Å². The first kappa shape index (κ1) is 15.6. The van der Waals surface area contributed by atoms with Crippen molar-refractivity contribution in [1.29, 1.82) is 0 Å². The van der Waals surface area contributed by atoms with Crippen LogP contribution >= 0.6 is 39.1 Å². The topological polar surface area (TPSA) is 35.2 Å². The Hall–Kier alpha value is -0.740. The summed E-state index contributed by atoms with van der Waals surface area (Å²) in [6, 6.07) is 11.4. The van der Waals surface area contributed by atoms with Gasteiger partial charge in [0, 0.05) is 15.1 Å². The zero-order valence-corrected chi connectivity index (χ0v) is 13.8. The largest absolute Gasteiger partial charge is 0.487 e. The van der Waals surface area contributed by atoms with Crippen molar-refractivity contribution < 1.29 is 4.74 Å². The van der Waals surface area contributed by atoms with Gasteiger partial charge in [-0.25, -0.2) is 0 Å². The molecule has 0 spiro atoms. The lowest BCUT2D eigenvalue weighted by molar-refractivity contribution is 0.306. The molecule has 2 rings (SSSR count). The van der Waals surface area contributed by atoms with Gasteiger partial charge in [0.2, 0.25) is 0 Å². The third-order valence-corrected chi connectivity index (χ3v) is 3.97. The van der Waals surface area contributed by atoms with Crippen LogP contribution in [-0.2, 0) is 13.0 Å². The van der Waals surface area contributed by atoms with Crippen LogP contribution in [0.25, 0.3) is 0 Å². The molecule has 0 aliphatic rings. The maximum atomic E-state index is 6.19. The number of ether oxygens (including phenoxy) is 1. The highest BCUT2D eigenvalue weighted by molar-refractivity contribution is 9.10. The van der Waals surface area contributed by atoms with Gasteiger partial charge in [0.25, 0.3) is 0 Å². The second kappa shape index (κ2) is 7.32. The van der Waals surface area contributed by atoms with E-state index >= 15 is 0 Å². The van der Waals surface area contributed by atoms with Crippen LogP contribution < -0.4 is 10.5 Å². The highest BCUT2D eigenvalue weighted by Crippen LogP contribution is 2.28. The molecule has 0 aromatic heterocycles. The highest BCUT2D eigenvalue weighted by Gasteiger charge is 2.06. The van der Waals surface area contributed by atoms with Gasteiger partial charge < -0.3 is 10.5 Å². The molecule has 0 fully saturated rings. The van der Waals surface area contributed by atoms with Crippen LogP contribution in [0.4, 0.5) is 0 Å². The van der Waals surface area contributed by atoms with E-state index < -0.39 is 0 Å². The van der Waals surface area contributed by atoms with E-state index in [1.807, 2.05) is 36.4 Å². The van der Waals surface area contributed by atoms with Crippen molar-refractivity contribution in [3.8, 4) is 5.75 Å². The monoisotopic (exact) mass is 373 g/mol. The van der Waals surface area contributed by atoms with Gasteiger partial charge in [-0.2, -0.15) is 0 Å². The first-order valence-electron chi connectivity index (χ1n) is 6.15. The Labute approximate surface area is 137 Å². The molecular weight excluding hydrogens is 361 g/mol. The minimum atomic E-state index is 0.377. The van der Waals surface area contributed by atoms with Gasteiger partial charge in [-0.3, -0.25) is 0 Å². The van der Waals surface area contributed by atoms with Gasteiger partial charge in [0.15, 0.2) is 0 Å². The summed E-state index contributed by atoms with van der Waals surface area (Å²) in [5.74, 6) is 0.645. The third kappa shape index (κ3) is 4.13. The molecule has 0 atom stereocenters. The van der Waals surface area contributed by atoms with Crippen molar-refractivity contribution in [2.75, 3.05) is 6.54 Å². The van der Waals surface area contributed by atoms with E-state index in [9.17, 15) is 0 Å². The summed E-state index contributed by atoms with van der Waals surface area (Å²) < 4.78 is 6.65. The van der Waals surface area contributed by atoms with Crippen LogP contribution in [0, 0.1) is 0 Å². The summed E-state index contributed by atoms with van der Waals surface area (Å²) in [7, 11) is 0. The van der Waals surface area contributed by atoms with E-state index in [0.29, 0.717) is 28.9 Å². The zero-order valence-electron chi connectivity index (χ0n) is 10.7. The number of hydrogen-bond acceptors (Lipinski definition) is 2. The fourth-order valence-electron chi connectivity index (χ4n) is 1.78. The SMILES string of the molecule is NCCc1ccc(OCc2ccc(Br)cc2Cl)c(Cl)c1. The first-order valence-corrected chi connectivity index (χ1v) is 7.70. The minimum Gasteiger partial charge on any atom is -0.487 e. The minimum absolute atomic E-state index is 0.377. The lowest BCUT2D eigenvalue weighted by Gasteiger charge is -2.10. The van der Waals surface area contributed by atoms with Gasteiger partial charge in [-0.15, -0.1) is 0 Å². The fraction of sp³-hybridized carbons (Fsp3) is 0.200. The summed E-state index contributed by atoms with van der Waals surface area (Å²) in [6.07, 6.45) is 0.804. The maximum absolute atomic E-state index is 6.19. The van der Waals surface area contributed by atoms with Crippen molar-refractivity contribution in [1.82, 2.24) is 0 Å². The molecule has 0 bridgehead atoms. The number of benzene rings is 2. The van der Waals surface area contributed by atoms with Crippen LogP contribution in [0.1, 0.15) is 11.1 Å². The lowest BCUT2D eigenvalue weighted by atomic mass is 10.1. The van der Waals surface area contributed by atoms with Gasteiger partial charge in [0.05, 0.1) is 5.02 Å². The zero-order chi connectivity index (χ0) is 14.5. The van der Waals surface area contributed by atoms with Gasteiger partial charge in [-0.05, 0) is 42.8 Å². The predicted octanol–water partition coefficient (Wildman–Crippen LogP) is 4.84. The third-order valence-electron chi connectivity index (χ3n) is 2.83. The van der Waals surface area contributed by atoms with E-state index in [2.05, 4.69) is 15.9 Å². The van der Waals surface area contributed by atoms with Crippen LogP contribution in [0.5, 0.6) is 5.75 Å². The van der Waals surface area contributed by atoms with E-state index in [-0.39, 0.29) is 0 Å². The molecule has 106 valence electrons. The summed E-state index contributed by atoms with van der Waals surface area (Å²) in [4.78, 5) is 0. The van der Waals surface area contributed by atoms with E-state index in [1.54, 1.807) is 0 Å². The van der Waals surface area contributed by atoms with Crippen LogP contribution in [-0.4, -0.2) is 6.54 Å².